The number of thioether (sulfide) groups is 1. The van der Waals surface area contributed by atoms with Gasteiger partial charge in [-0.25, -0.2) is 0 Å². The first-order valence-corrected chi connectivity index (χ1v) is 7.54. The third-order valence-electron chi connectivity index (χ3n) is 2.62. The molecular weight excluding hydrogens is 313 g/mol. The van der Waals surface area contributed by atoms with Gasteiger partial charge < -0.3 is 10.2 Å². The zero-order valence-corrected chi connectivity index (χ0v) is 13.3. The summed E-state index contributed by atoms with van der Waals surface area (Å²) in [5.41, 5.74) is -3.61. The van der Waals surface area contributed by atoms with E-state index >= 15 is 0 Å². The third-order valence-corrected chi connectivity index (χ3v) is 3.36. The molecule has 0 atom stereocenters. The first-order valence-electron chi connectivity index (χ1n) is 6.73. The van der Waals surface area contributed by atoms with Crippen molar-refractivity contribution in [3.8, 4) is 0 Å². The highest BCUT2D eigenvalue weighted by Gasteiger charge is 2.28. The van der Waals surface area contributed by atoms with Crippen molar-refractivity contribution in [2.24, 2.45) is 0 Å². The normalized spacial score (nSPS) is 12.1. The Bertz CT molecular complexity index is 499. The minimum Gasteiger partial charge on any atom is -0.353 e. The van der Waals surface area contributed by atoms with Gasteiger partial charge in [0.25, 0.3) is 0 Å². The predicted octanol–water partition coefficient (Wildman–Crippen LogP) is 3.38. The van der Waals surface area contributed by atoms with E-state index in [4.69, 9.17) is 0 Å². The predicted molar refractivity (Wildman–Crippen MR) is 83.6 cm³/mol. The van der Waals surface area contributed by atoms with Crippen molar-refractivity contribution < 1.29 is 18.0 Å². The average molecular weight is 332 g/mol. The SMILES string of the molecule is CN(C)CCCNC(=O)/C=C/c1ccc(SC(F)(F)F)cc1. The van der Waals surface area contributed by atoms with E-state index in [1.54, 1.807) is 18.2 Å². The van der Waals surface area contributed by atoms with Gasteiger partial charge in [-0.05, 0) is 62.6 Å². The first-order chi connectivity index (χ1) is 10.3. The highest BCUT2D eigenvalue weighted by molar-refractivity contribution is 8.00. The quantitative estimate of drug-likeness (QED) is 0.472. The van der Waals surface area contributed by atoms with Gasteiger partial charge in [0.15, 0.2) is 0 Å². The number of carbonyl (C=O) groups excluding carboxylic acids is 1. The number of rotatable bonds is 7. The van der Waals surface area contributed by atoms with Crippen LogP contribution in [0.25, 0.3) is 6.08 Å². The van der Waals surface area contributed by atoms with Crippen LogP contribution in [0.4, 0.5) is 13.2 Å². The smallest absolute Gasteiger partial charge is 0.353 e. The number of nitrogens with one attached hydrogen (secondary N) is 1. The van der Waals surface area contributed by atoms with Gasteiger partial charge in [-0.15, -0.1) is 0 Å². The van der Waals surface area contributed by atoms with Crippen LogP contribution >= 0.6 is 11.8 Å². The molecule has 0 fully saturated rings. The Labute approximate surface area is 132 Å². The number of alkyl halides is 3. The third kappa shape index (κ3) is 8.74. The van der Waals surface area contributed by atoms with E-state index in [0.29, 0.717) is 12.1 Å². The number of hydrogen-bond donors (Lipinski definition) is 1. The van der Waals surface area contributed by atoms with Crippen LogP contribution in [0.1, 0.15) is 12.0 Å². The Morgan fingerprint density at radius 3 is 2.45 bits per heavy atom. The molecule has 0 radical (unpaired) electrons. The summed E-state index contributed by atoms with van der Waals surface area (Å²) in [5.74, 6) is -0.215. The average Bonchev–Trinajstić information content (AvgIpc) is 2.41. The van der Waals surface area contributed by atoms with E-state index in [1.165, 1.54) is 18.2 Å². The summed E-state index contributed by atoms with van der Waals surface area (Å²) in [7, 11) is 3.92. The molecule has 0 saturated carbocycles. The molecule has 0 aliphatic heterocycles. The Balaban J connectivity index is 2.41. The Hall–Kier alpha value is -1.47. The number of amides is 1. The van der Waals surface area contributed by atoms with Gasteiger partial charge in [0.05, 0.1) is 0 Å². The minimum atomic E-state index is -4.29. The van der Waals surface area contributed by atoms with Crippen molar-refractivity contribution in [1.29, 1.82) is 0 Å². The molecule has 1 aromatic carbocycles. The van der Waals surface area contributed by atoms with Crippen LogP contribution < -0.4 is 5.32 Å². The molecule has 0 aliphatic carbocycles. The van der Waals surface area contributed by atoms with Crippen molar-refractivity contribution >= 4 is 23.7 Å². The molecule has 0 aromatic heterocycles. The van der Waals surface area contributed by atoms with Crippen molar-refractivity contribution in [2.45, 2.75) is 16.8 Å². The summed E-state index contributed by atoms with van der Waals surface area (Å²) in [6, 6.07) is 5.85. The molecule has 1 amide bonds. The summed E-state index contributed by atoms with van der Waals surface area (Å²) in [6.45, 7) is 1.48. The molecule has 0 aliphatic rings. The fraction of sp³-hybridized carbons (Fsp3) is 0.400. The summed E-state index contributed by atoms with van der Waals surface area (Å²) in [6.07, 6.45) is 3.81. The van der Waals surface area contributed by atoms with E-state index in [9.17, 15) is 18.0 Å². The van der Waals surface area contributed by atoms with Gasteiger partial charge in [0.1, 0.15) is 0 Å². The summed E-state index contributed by atoms with van der Waals surface area (Å²) >= 11 is -0.158. The van der Waals surface area contributed by atoms with Gasteiger partial charge in [-0.2, -0.15) is 13.2 Å². The fourth-order valence-corrected chi connectivity index (χ4v) is 2.16. The molecule has 22 heavy (non-hydrogen) atoms. The summed E-state index contributed by atoms with van der Waals surface area (Å²) in [4.78, 5) is 13.7. The number of benzene rings is 1. The van der Waals surface area contributed by atoms with E-state index in [2.05, 4.69) is 5.32 Å². The van der Waals surface area contributed by atoms with Crippen LogP contribution in [0.3, 0.4) is 0 Å². The van der Waals surface area contributed by atoms with Crippen molar-refractivity contribution in [3.63, 3.8) is 0 Å². The highest BCUT2D eigenvalue weighted by Crippen LogP contribution is 2.36. The molecule has 1 aromatic rings. The van der Waals surface area contributed by atoms with Crippen LogP contribution in [0.5, 0.6) is 0 Å². The maximum Gasteiger partial charge on any atom is 0.446 e. The fourth-order valence-electron chi connectivity index (χ4n) is 1.62. The molecular formula is C15H19F3N2OS. The Kier molecular flexibility index (Phi) is 7.47. The van der Waals surface area contributed by atoms with Gasteiger partial charge in [-0.3, -0.25) is 4.79 Å². The van der Waals surface area contributed by atoms with Crippen molar-refractivity contribution in [1.82, 2.24) is 10.2 Å². The molecule has 0 bridgehead atoms. The second kappa shape index (κ2) is 8.85. The van der Waals surface area contributed by atoms with Gasteiger partial charge in [0.2, 0.25) is 5.91 Å². The number of carbonyl (C=O) groups is 1. The van der Waals surface area contributed by atoms with Gasteiger partial charge in [0, 0.05) is 17.5 Å². The van der Waals surface area contributed by atoms with Crippen LogP contribution in [-0.2, 0) is 4.79 Å². The van der Waals surface area contributed by atoms with Gasteiger partial charge in [-0.1, -0.05) is 12.1 Å². The summed E-state index contributed by atoms with van der Waals surface area (Å²) in [5, 5.41) is 2.75. The van der Waals surface area contributed by atoms with Crippen LogP contribution in [0.15, 0.2) is 35.2 Å². The van der Waals surface area contributed by atoms with E-state index in [1.807, 2.05) is 19.0 Å². The zero-order valence-electron chi connectivity index (χ0n) is 12.5. The van der Waals surface area contributed by atoms with Crippen molar-refractivity contribution in [2.75, 3.05) is 27.2 Å². The van der Waals surface area contributed by atoms with Gasteiger partial charge >= 0.3 is 5.51 Å². The first kappa shape index (κ1) is 18.6. The maximum atomic E-state index is 12.2. The lowest BCUT2D eigenvalue weighted by Gasteiger charge is -2.08. The molecule has 0 unspecified atom stereocenters. The topological polar surface area (TPSA) is 32.3 Å². The monoisotopic (exact) mass is 332 g/mol. The van der Waals surface area contributed by atoms with E-state index in [0.717, 1.165) is 13.0 Å². The molecule has 0 heterocycles. The lowest BCUT2D eigenvalue weighted by Crippen LogP contribution is -2.25. The standard InChI is InChI=1S/C15H19F3N2OS/c1-20(2)11-3-10-19-14(21)9-6-12-4-7-13(8-5-12)22-15(16,17)18/h4-9H,3,10-11H2,1-2H3,(H,19,21)/b9-6+. The molecule has 7 heteroatoms. The maximum absolute atomic E-state index is 12.2. The largest absolute Gasteiger partial charge is 0.446 e. The second-order valence-electron chi connectivity index (χ2n) is 4.90. The Morgan fingerprint density at radius 2 is 1.91 bits per heavy atom. The Morgan fingerprint density at radius 1 is 1.27 bits per heavy atom. The molecule has 122 valence electrons. The second-order valence-corrected chi connectivity index (χ2v) is 6.04. The number of nitrogens with zero attached hydrogens (tertiary/aromatic N) is 1. The van der Waals surface area contributed by atoms with E-state index in [-0.39, 0.29) is 22.6 Å². The number of halogens is 3. The molecule has 1 N–H and O–H groups in total. The lowest BCUT2D eigenvalue weighted by atomic mass is 10.2. The van der Waals surface area contributed by atoms with Crippen molar-refractivity contribution in [3.05, 3.63) is 35.9 Å². The molecule has 1 rings (SSSR count). The minimum absolute atomic E-state index is 0.123. The van der Waals surface area contributed by atoms with Crippen LogP contribution in [0, 0.1) is 0 Å². The molecule has 0 spiro atoms. The van der Waals surface area contributed by atoms with Crippen LogP contribution in [0.2, 0.25) is 0 Å². The van der Waals surface area contributed by atoms with E-state index < -0.39 is 5.51 Å². The molecule has 3 nitrogen and oxygen atoms in total. The summed E-state index contributed by atoms with van der Waals surface area (Å²) < 4.78 is 36.6. The zero-order chi connectivity index (χ0) is 16.6. The highest BCUT2D eigenvalue weighted by atomic mass is 32.2. The number of hydrogen-bond acceptors (Lipinski definition) is 3. The van der Waals surface area contributed by atoms with Crippen LogP contribution in [-0.4, -0.2) is 43.5 Å². The molecule has 0 saturated heterocycles. The lowest BCUT2D eigenvalue weighted by molar-refractivity contribution is -0.116.